The quantitative estimate of drug-likeness (QED) is 0.492. The molecule has 0 aliphatic rings. The number of hydrogen-bond donors (Lipinski definition) is 1. The molecule has 2 amide bonds. The van der Waals surface area contributed by atoms with E-state index in [2.05, 4.69) is 17.2 Å². The summed E-state index contributed by atoms with van der Waals surface area (Å²) in [7, 11) is 0. The molecule has 2 aromatic carbocycles. The Bertz CT molecular complexity index is 1110. The summed E-state index contributed by atoms with van der Waals surface area (Å²) in [5, 5.41) is 3.94. The summed E-state index contributed by atoms with van der Waals surface area (Å²) >= 11 is 1.28. The summed E-state index contributed by atoms with van der Waals surface area (Å²) in [4.78, 5) is 33.7. The number of amides is 2. The van der Waals surface area contributed by atoms with Crippen LogP contribution in [0.5, 0.6) is 0 Å². The molecule has 0 radical (unpaired) electrons. The van der Waals surface area contributed by atoms with Crippen LogP contribution in [0.25, 0.3) is 0 Å². The highest BCUT2D eigenvalue weighted by Gasteiger charge is 2.41. The van der Waals surface area contributed by atoms with E-state index in [9.17, 15) is 9.59 Å². The Balaban J connectivity index is 2.18. The average molecular weight is 466 g/mol. The van der Waals surface area contributed by atoms with Gasteiger partial charge in [0.2, 0.25) is 0 Å². The first-order valence-corrected chi connectivity index (χ1v) is 12.1. The molecule has 0 saturated carbocycles. The number of nitrogens with zero attached hydrogens (tertiary/aromatic N) is 3. The Kier molecular flexibility index (Phi) is 7.64. The predicted molar refractivity (Wildman–Crippen MR) is 133 cm³/mol. The first kappa shape index (κ1) is 24.6. The van der Waals surface area contributed by atoms with Gasteiger partial charge < -0.3 is 5.32 Å². The third-order valence-electron chi connectivity index (χ3n) is 5.81. The molecule has 0 fully saturated rings. The summed E-state index contributed by atoms with van der Waals surface area (Å²) in [5.74, 6) is 0.374. The molecule has 0 unspecified atom stereocenters. The number of rotatable bonds is 7. The number of anilines is 1. The van der Waals surface area contributed by atoms with Crippen LogP contribution in [0.15, 0.2) is 54.6 Å². The first-order chi connectivity index (χ1) is 15.7. The highest BCUT2D eigenvalue weighted by atomic mass is 32.1. The van der Waals surface area contributed by atoms with Crippen LogP contribution in [0.1, 0.15) is 62.1 Å². The second-order valence-corrected chi connectivity index (χ2v) is 9.91. The normalized spacial score (nSPS) is 12.3. The molecular formula is C26H33N4O2S+. The highest BCUT2D eigenvalue weighted by Crippen LogP contribution is 2.29. The van der Waals surface area contributed by atoms with Crippen LogP contribution in [0.2, 0.25) is 0 Å². The van der Waals surface area contributed by atoms with Crippen molar-refractivity contribution >= 4 is 29.2 Å². The Labute approximate surface area is 200 Å². The van der Waals surface area contributed by atoms with Crippen LogP contribution < -0.4 is 14.2 Å². The second kappa shape index (κ2) is 10.3. The van der Waals surface area contributed by atoms with E-state index in [-0.39, 0.29) is 11.9 Å². The topological polar surface area (TPSA) is 66.2 Å². The van der Waals surface area contributed by atoms with E-state index >= 15 is 0 Å². The van der Waals surface area contributed by atoms with Crippen LogP contribution >= 0.6 is 11.5 Å². The molecule has 1 N–H and O–H groups in total. The van der Waals surface area contributed by atoms with Gasteiger partial charge in [-0.2, -0.15) is 0 Å². The van der Waals surface area contributed by atoms with E-state index in [1.165, 1.54) is 11.5 Å². The Morgan fingerprint density at radius 2 is 1.70 bits per heavy atom. The Morgan fingerprint density at radius 1 is 1.06 bits per heavy atom. The third kappa shape index (κ3) is 5.66. The molecule has 7 heteroatoms. The van der Waals surface area contributed by atoms with Gasteiger partial charge in [-0.05, 0) is 49.9 Å². The number of aryl methyl sites for hydroxylation is 3. The number of nitrogens with one attached hydrogen (secondary N) is 1. The highest BCUT2D eigenvalue weighted by molar-refractivity contribution is 7.01. The van der Waals surface area contributed by atoms with Gasteiger partial charge in [-0.15, -0.1) is 3.96 Å². The molecule has 3 rings (SSSR count). The minimum Gasteiger partial charge on any atom is -0.348 e. The van der Waals surface area contributed by atoms with E-state index in [1.54, 1.807) is 15.8 Å². The van der Waals surface area contributed by atoms with Crippen molar-refractivity contribution in [3.8, 4) is 0 Å². The minimum atomic E-state index is -0.841. The Hall–Kier alpha value is -3.06. The van der Waals surface area contributed by atoms with Gasteiger partial charge in [0.15, 0.2) is 11.0 Å². The lowest BCUT2D eigenvalue weighted by Crippen LogP contribution is -2.57. The monoisotopic (exact) mass is 465 g/mol. The van der Waals surface area contributed by atoms with E-state index < -0.39 is 11.6 Å². The number of hydrogen-bond acceptors (Lipinski definition) is 4. The van der Waals surface area contributed by atoms with Gasteiger partial charge in [-0.1, -0.05) is 61.3 Å². The van der Waals surface area contributed by atoms with Gasteiger partial charge in [0.1, 0.15) is 5.69 Å². The maximum Gasteiger partial charge on any atom is 0.459 e. The molecule has 0 saturated heterocycles. The lowest BCUT2D eigenvalue weighted by Gasteiger charge is -2.31. The molecule has 0 spiro atoms. The average Bonchev–Trinajstić information content (AvgIpc) is 3.15. The van der Waals surface area contributed by atoms with E-state index in [1.807, 2.05) is 82.3 Å². The van der Waals surface area contributed by atoms with Crippen molar-refractivity contribution in [1.29, 1.82) is 0 Å². The summed E-state index contributed by atoms with van der Waals surface area (Å²) in [5.41, 5.74) is 2.16. The molecule has 0 bridgehead atoms. The zero-order valence-corrected chi connectivity index (χ0v) is 21.1. The van der Waals surface area contributed by atoms with E-state index in [0.29, 0.717) is 11.5 Å². The molecule has 0 aliphatic carbocycles. The molecule has 6 nitrogen and oxygen atoms in total. The van der Waals surface area contributed by atoms with Crippen LogP contribution in [0.3, 0.4) is 0 Å². The van der Waals surface area contributed by atoms with Crippen molar-refractivity contribution in [2.45, 2.75) is 66.0 Å². The fourth-order valence-electron chi connectivity index (χ4n) is 3.57. The molecule has 1 atom stereocenters. The lowest BCUT2D eigenvalue weighted by molar-refractivity contribution is -0.505. The fraction of sp³-hybridized carbons (Fsp3) is 0.385. The summed E-state index contributed by atoms with van der Waals surface area (Å²) < 4.78 is 1.55. The van der Waals surface area contributed by atoms with Gasteiger partial charge >= 0.3 is 6.03 Å². The molecular weight excluding hydrogens is 432 g/mol. The third-order valence-corrected chi connectivity index (χ3v) is 6.76. The summed E-state index contributed by atoms with van der Waals surface area (Å²) in [6, 6.07) is 16.1. The zero-order chi connectivity index (χ0) is 24.2. The van der Waals surface area contributed by atoms with Gasteiger partial charge in [-0.3, -0.25) is 4.79 Å². The van der Waals surface area contributed by atoms with Gasteiger partial charge in [0.05, 0.1) is 11.5 Å². The molecule has 174 valence electrons. The predicted octanol–water partition coefficient (Wildman–Crippen LogP) is 5.13. The standard InChI is InChI=1S/C26H32N4O2S/c1-7-20-14-16-22(17-15-20)29(25(32)30-18(3)27-19(4)33-30)23(21-12-10-9-11-13-21)24(31)28-26(5,6)8-2/h9-17,23H,7-8H2,1-6H3/p+1/t23-/m1/s1. The first-order valence-electron chi connectivity index (χ1n) is 11.3. The van der Waals surface area contributed by atoms with Gasteiger partial charge in [0.25, 0.3) is 11.7 Å². The van der Waals surface area contributed by atoms with Gasteiger partial charge in [-0.25, -0.2) is 9.69 Å². The molecule has 0 aliphatic heterocycles. The van der Waals surface area contributed by atoms with E-state index in [4.69, 9.17) is 0 Å². The van der Waals surface area contributed by atoms with Crippen molar-refractivity contribution in [3.63, 3.8) is 0 Å². The largest absolute Gasteiger partial charge is 0.459 e. The number of carbonyl (C=O) groups excluding carboxylic acids is 2. The molecule has 33 heavy (non-hydrogen) atoms. The zero-order valence-electron chi connectivity index (χ0n) is 20.3. The number of benzene rings is 2. The van der Waals surface area contributed by atoms with Gasteiger partial charge in [0, 0.05) is 19.4 Å². The van der Waals surface area contributed by atoms with E-state index in [0.717, 1.165) is 29.0 Å². The minimum absolute atomic E-state index is 0.222. The van der Waals surface area contributed by atoms with Crippen molar-refractivity contribution in [3.05, 3.63) is 76.6 Å². The second-order valence-electron chi connectivity index (χ2n) is 8.78. The lowest BCUT2D eigenvalue weighted by atomic mass is 9.98. The maximum absolute atomic E-state index is 14.0. The fourth-order valence-corrected chi connectivity index (χ4v) is 4.35. The maximum atomic E-state index is 14.0. The SMILES string of the molecule is CCc1ccc(N(C(=O)[n+]2sc(C)nc2C)[C@@H](C(=O)NC(C)(C)CC)c2ccccc2)cc1. The molecule has 1 aromatic heterocycles. The molecule has 1 heterocycles. The number of aromatic nitrogens is 2. The van der Waals surface area contributed by atoms with Crippen molar-refractivity contribution in [2.24, 2.45) is 0 Å². The smallest absolute Gasteiger partial charge is 0.348 e. The van der Waals surface area contributed by atoms with Crippen LogP contribution in [-0.2, 0) is 11.2 Å². The van der Waals surface area contributed by atoms with Crippen molar-refractivity contribution < 1.29 is 13.5 Å². The van der Waals surface area contributed by atoms with Crippen molar-refractivity contribution in [2.75, 3.05) is 4.90 Å². The van der Waals surface area contributed by atoms with Crippen LogP contribution in [-0.4, -0.2) is 22.5 Å². The summed E-state index contributed by atoms with van der Waals surface area (Å²) in [6.45, 7) is 11.8. The van der Waals surface area contributed by atoms with Crippen LogP contribution in [0, 0.1) is 13.8 Å². The Morgan fingerprint density at radius 3 is 2.21 bits per heavy atom. The number of carbonyl (C=O) groups is 2. The molecule has 3 aromatic rings. The van der Waals surface area contributed by atoms with Crippen LogP contribution in [0.4, 0.5) is 10.5 Å². The summed E-state index contributed by atoms with van der Waals surface area (Å²) in [6.07, 6.45) is 1.66. The van der Waals surface area contributed by atoms with Crippen molar-refractivity contribution in [1.82, 2.24) is 10.3 Å².